The molecule has 4 nitrogen and oxygen atoms in total. The Morgan fingerprint density at radius 2 is 0.935 bits per heavy atom. The highest BCUT2D eigenvalue weighted by Crippen LogP contribution is 2.69. The molecule has 0 saturated heterocycles. The van der Waals surface area contributed by atoms with Crippen LogP contribution in [-0.2, 0) is 19.1 Å². The van der Waals surface area contributed by atoms with Gasteiger partial charge in [0.25, 0.3) is 0 Å². The molecule has 0 aliphatic heterocycles. The Morgan fingerprint density at radius 3 is 1.32 bits per heavy atom. The van der Waals surface area contributed by atoms with E-state index in [0.29, 0.717) is 10.8 Å². The van der Waals surface area contributed by atoms with Crippen molar-refractivity contribution in [3.05, 3.63) is 23.3 Å². The quantitative estimate of drug-likeness (QED) is 0.122. The van der Waals surface area contributed by atoms with Gasteiger partial charge in [0.2, 0.25) is 0 Å². The van der Waals surface area contributed by atoms with E-state index in [4.69, 9.17) is 9.47 Å². The minimum Gasteiger partial charge on any atom is -0.462 e. The number of ether oxygens (including phenoxy) is 2. The van der Waals surface area contributed by atoms with Gasteiger partial charge in [-0.05, 0) is 183 Å². The molecule has 16 atom stereocenters. The van der Waals surface area contributed by atoms with Gasteiger partial charge in [0.1, 0.15) is 12.2 Å². The van der Waals surface area contributed by atoms with Crippen molar-refractivity contribution in [2.24, 2.45) is 92.7 Å². The van der Waals surface area contributed by atoms with Gasteiger partial charge in [0.15, 0.2) is 0 Å². The third-order valence-corrected chi connectivity index (χ3v) is 21.6. The second kappa shape index (κ2) is 18.6. The third-order valence-electron chi connectivity index (χ3n) is 21.6. The number of carbonyl (C=O) groups excluding carboxylic acids is 2. The van der Waals surface area contributed by atoms with E-state index in [2.05, 4.69) is 81.4 Å². The molecule has 0 unspecified atom stereocenters. The fraction of sp³-hybridized carbons (Fsp3) is 0.897. The van der Waals surface area contributed by atoms with Crippen LogP contribution in [0.3, 0.4) is 0 Å². The number of esters is 2. The number of allylic oxidation sites excluding steroid dienone is 2. The fourth-order valence-electron chi connectivity index (χ4n) is 18.2. The average Bonchev–Trinajstić information content (AvgIpc) is 3.77. The molecule has 0 heterocycles. The molecule has 62 heavy (non-hydrogen) atoms. The molecule has 0 bridgehead atoms. The SMILES string of the molecule is CC(C)CCC[C@@H](C)[C@@H]1CC[C@@H]2[C@@H]3CC=C4C[C@H](OC(=O)CCC(=O)O[C@@H]5CC[C@@]6(C)C(=CC[C@@H]7[C@H]8CC[C@@H]([C@H](C)CCCC(C)C)[C@]8(C)CC[C@@H]76)C5)CC[C@]4(C)[C@@H]3CC[C@@]21C. The van der Waals surface area contributed by atoms with Crippen molar-refractivity contribution in [1.29, 1.82) is 0 Å². The lowest BCUT2D eigenvalue weighted by molar-refractivity contribution is -0.158. The Labute approximate surface area is 381 Å². The zero-order valence-corrected chi connectivity index (χ0v) is 41.8. The second-order valence-electron chi connectivity index (χ2n) is 25.8. The lowest BCUT2D eigenvalue weighted by atomic mass is 9.47. The summed E-state index contributed by atoms with van der Waals surface area (Å²) in [4.78, 5) is 26.5. The van der Waals surface area contributed by atoms with E-state index in [1.165, 1.54) is 103 Å². The Kier molecular flexibility index (Phi) is 14.1. The third kappa shape index (κ3) is 8.86. The maximum atomic E-state index is 13.3. The van der Waals surface area contributed by atoms with Crippen LogP contribution in [0.5, 0.6) is 0 Å². The smallest absolute Gasteiger partial charge is 0.306 e. The van der Waals surface area contributed by atoms with Gasteiger partial charge in [-0.1, -0.05) is 131 Å². The summed E-state index contributed by atoms with van der Waals surface area (Å²) in [6.07, 6.45) is 33.2. The predicted molar refractivity (Wildman–Crippen MR) is 255 cm³/mol. The summed E-state index contributed by atoms with van der Waals surface area (Å²) in [6.45, 7) is 25.1. The van der Waals surface area contributed by atoms with Crippen LogP contribution in [-0.4, -0.2) is 24.1 Å². The summed E-state index contributed by atoms with van der Waals surface area (Å²) in [6, 6.07) is 0. The first-order chi connectivity index (χ1) is 29.5. The molecule has 4 heteroatoms. The van der Waals surface area contributed by atoms with Crippen molar-refractivity contribution in [3.63, 3.8) is 0 Å². The van der Waals surface area contributed by atoms with Crippen LogP contribution in [0.4, 0.5) is 0 Å². The molecule has 0 radical (unpaired) electrons. The number of carbonyl (C=O) groups is 2. The summed E-state index contributed by atoms with van der Waals surface area (Å²) in [5.41, 5.74) is 4.62. The highest BCUT2D eigenvalue weighted by molar-refractivity contribution is 5.77. The Hall–Kier alpha value is -1.58. The molecule has 0 aromatic rings. The zero-order valence-electron chi connectivity index (χ0n) is 41.8. The van der Waals surface area contributed by atoms with E-state index in [9.17, 15) is 9.59 Å². The molecule has 8 rings (SSSR count). The second-order valence-corrected chi connectivity index (χ2v) is 25.8. The largest absolute Gasteiger partial charge is 0.462 e. The zero-order chi connectivity index (χ0) is 44.2. The summed E-state index contributed by atoms with van der Waals surface area (Å²) in [5.74, 6) is 9.52. The summed E-state index contributed by atoms with van der Waals surface area (Å²) in [7, 11) is 0. The predicted octanol–water partition coefficient (Wildman–Crippen LogP) is 15.7. The molecule has 6 fully saturated rings. The molecule has 8 aliphatic rings. The van der Waals surface area contributed by atoms with E-state index in [-0.39, 0.29) is 47.8 Å². The van der Waals surface area contributed by atoms with E-state index in [0.717, 1.165) is 110 Å². The highest BCUT2D eigenvalue weighted by atomic mass is 16.6. The van der Waals surface area contributed by atoms with Gasteiger partial charge < -0.3 is 9.47 Å². The van der Waals surface area contributed by atoms with E-state index < -0.39 is 0 Å². The maximum absolute atomic E-state index is 13.3. The van der Waals surface area contributed by atoms with Crippen LogP contribution in [0.15, 0.2) is 23.3 Å². The van der Waals surface area contributed by atoms with Crippen LogP contribution < -0.4 is 0 Å². The minimum atomic E-state index is -0.224. The molecular formula is C58H94O4. The standard InChI is InChI=1S/C58H94O4/c1-37(2)13-11-15-39(5)47-21-23-49-45-19-17-41-35-43(27-31-55(41,7)51(45)29-33-57(47,49)9)61-53(59)25-26-54(60)62-44-28-32-56(8)42(36-44)18-20-46-50-24-22-48(40(6)16-12-14-38(3)4)58(50,10)34-30-52(46)56/h17-18,37-40,43-52H,11-16,19-36H2,1-10H3/t39-,40-,43-,44-,45-,46+,47+,48+,49-,50-,51+,52-,55+,56+,57+,58-/m1/s1. The molecule has 0 N–H and O–H groups in total. The summed E-state index contributed by atoms with van der Waals surface area (Å²) in [5, 5.41) is 0. The van der Waals surface area contributed by atoms with Gasteiger partial charge in [0, 0.05) is 12.8 Å². The average molecular weight is 855 g/mol. The molecule has 6 saturated carbocycles. The molecule has 0 aromatic heterocycles. The van der Waals surface area contributed by atoms with Crippen LogP contribution in [0, 0.1) is 92.7 Å². The van der Waals surface area contributed by atoms with Gasteiger partial charge in [-0.25, -0.2) is 0 Å². The summed E-state index contributed by atoms with van der Waals surface area (Å²) >= 11 is 0. The van der Waals surface area contributed by atoms with Gasteiger partial charge in [-0.3, -0.25) is 9.59 Å². The first-order valence-corrected chi connectivity index (χ1v) is 27.2. The normalized spacial score (nSPS) is 43.2. The first-order valence-electron chi connectivity index (χ1n) is 27.2. The van der Waals surface area contributed by atoms with Crippen molar-refractivity contribution in [2.45, 2.75) is 236 Å². The van der Waals surface area contributed by atoms with Gasteiger partial charge in [-0.15, -0.1) is 0 Å². The molecule has 0 amide bonds. The van der Waals surface area contributed by atoms with E-state index in [1.54, 1.807) is 11.1 Å². The van der Waals surface area contributed by atoms with Crippen LogP contribution in [0.25, 0.3) is 0 Å². The Morgan fingerprint density at radius 1 is 0.532 bits per heavy atom. The highest BCUT2D eigenvalue weighted by Gasteiger charge is 2.61. The topological polar surface area (TPSA) is 52.6 Å². The lowest BCUT2D eigenvalue weighted by Crippen LogP contribution is -2.51. The van der Waals surface area contributed by atoms with Crippen LogP contribution >= 0.6 is 0 Å². The van der Waals surface area contributed by atoms with Crippen molar-refractivity contribution in [3.8, 4) is 0 Å². The molecule has 350 valence electrons. The molecular weight excluding hydrogens is 761 g/mol. The van der Waals surface area contributed by atoms with Gasteiger partial charge >= 0.3 is 11.9 Å². The van der Waals surface area contributed by atoms with Crippen LogP contribution in [0.1, 0.15) is 223 Å². The van der Waals surface area contributed by atoms with Crippen molar-refractivity contribution in [1.82, 2.24) is 0 Å². The van der Waals surface area contributed by atoms with Crippen molar-refractivity contribution >= 4 is 11.9 Å². The van der Waals surface area contributed by atoms with Gasteiger partial charge in [-0.2, -0.15) is 0 Å². The number of fused-ring (bicyclic) bond motifs is 10. The monoisotopic (exact) mass is 855 g/mol. The Balaban J connectivity index is 0.787. The summed E-state index contributed by atoms with van der Waals surface area (Å²) < 4.78 is 12.3. The number of rotatable bonds is 15. The lowest BCUT2D eigenvalue weighted by Gasteiger charge is -2.58. The number of hydrogen-bond acceptors (Lipinski definition) is 4. The maximum Gasteiger partial charge on any atom is 0.306 e. The molecule has 8 aliphatic carbocycles. The van der Waals surface area contributed by atoms with Crippen molar-refractivity contribution < 1.29 is 19.1 Å². The van der Waals surface area contributed by atoms with Gasteiger partial charge in [0.05, 0.1) is 12.8 Å². The first kappa shape index (κ1) is 46.9. The fourth-order valence-corrected chi connectivity index (χ4v) is 18.2. The van der Waals surface area contributed by atoms with E-state index >= 15 is 0 Å². The Bertz CT molecular complexity index is 1540. The van der Waals surface area contributed by atoms with Crippen molar-refractivity contribution in [2.75, 3.05) is 0 Å². The number of hydrogen-bond donors (Lipinski definition) is 0. The van der Waals surface area contributed by atoms with Crippen LogP contribution in [0.2, 0.25) is 0 Å². The minimum absolute atomic E-state index is 0.0604. The molecule has 0 spiro atoms. The van der Waals surface area contributed by atoms with E-state index in [1.807, 2.05) is 0 Å². The molecule has 0 aromatic carbocycles.